The number of carbonyl (C=O) groups is 1. The number of rotatable bonds is 7. The number of nitrogens with one attached hydrogen (secondary N) is 1. The van der Waals surface area contributed by atoms with E-state index < -0.39 is 11.6 Å². The van der Waals surface area contributed by atoms with Crippen molar-refractivity contribution in [1.29, 1.82) is 0 Å². The van der Waals surface area contributed by atoms with Crippen molar-refractivity contribution >= 4 is 5.91 Å². The van der Waals surface area contributed by atoms with Crippen LogP contribution in [-0.2, 0) is 24.2 Å². The molecule has 0 spiro atoms. The summed E-state index contributed by atoms with van der Waals surface area (Å²) in [5.41, 5.74) is 3.27. The number of nitrogens with zero attached hydrogens (tertiary/aromatic N) is 1. The van der Waals surface area contributed by atoms with Gasteiger partial charge in [0, 0.05) is 32.1 Å². The van der Waals surface area contributed by atoms with Gasteiger partial charge in [0.1, 0.15) is 0 Å². The second-order valence-electron chi connectivity index (χ2n) is 7.54. The first-order valence-corrected chi connectivity index (χ1v) is 10.1. The number of carbonyl (C=O) groups excluding carboxylic acids is 1. The molecule has 1 aliphatic heterocycles. The minimum Gasteiger partial charge on any atom is -0.353 e. The highest BCUT2D eigenvalue weighted by molar-refractivity contribution is 5.76. The van der Waals surface area contributed by atoms with Crippen molar-refractivity contribution in [2.45, 2.75) is 51.6 Å². The molecular weight excluding hydrogens is 358 g/mol. The Hall–Kier alpha value is -2.27. The largest absolute Gasteiger partial charge is 0.353 e. The lowest BCUT2D eigenvalue weighted by Gasteiger charge is -2.32. The standard InChI is InChI=1S/C23H28F2N2O/c1-2-17-3-5-18(6-4-17)8-10-23(28)26-20-11-13-27(14-12-20)16-19-7-9-21(24)22(25)15-19/h3-7,9,15,20H,2,8,10-14,16H2,1H3,(H,26,28). The first-order chi connectivity index (χ1) is 13.5. The van der Waals surface area contributed by atoms with Gasteiger partial charge in [0.25, 0.3) is 0 Å². The van der Waals surface area contributed by atoms with E-state index in [1.807, 2.05) is 0 Å². The Bertz CT molecular complexity index is 784. The molecule has 1 amide bonds. The van der Waals surface area contributed by atoms with Crippen LogP contribution in [0.15, 0.2) is 42.5 Å². The lowest BCUT2D eigenvalue weighted by molar-refractivity contribution is -0.122. The van der Waals surface area contributed by atoms with Crippen molar-refractivity contribution in [1.82, 2.24) is 10.2 Å². The zero-order valence-corrected chi connectivity index (χ0v) is 16.4. The molecule has 0 unspecified atom stereocenters. The van der Waals surface area contributed by atoms with Crippen molar-refractivity contribution in [2.24, 2.45) is 0 Å². The Kier molecular flexibility index (Phi) is 7.15. The number of hydrogen-bond donors (Lipinski definition) is 1. The van der Waals surface area contributed by atoms with Crippen molar-refractivity contribution in [3.8, 4) is 0 Å². The molecule has 1 N–H and O–H groups in total. The Labute approximate surface area is 165 Å². The number of piperidine rings is 1. The molecule has 1 aliphatic rings. The fourth-order valence-electron chi connectivity index (χ4n) is 3.63. The fourth-order valence-corrected chi connectivity index (χ4v) is 3.63. The van der Waals surface area contributed by atoms with Crippen molar-refractivity contribution < 1.29 is 13.6 Å². The van der Waals surface area contributed by atoms with Crippen LogP contribution in [0, 0.1) is 11.6 Å². The summed E-state index contributed by atoms with van der Waals surface area (Å²) in [5.74, 6) is -1.52. The van der Waals surface area contributed by atoms with Crippen LogP contribution in [0.4, 0.5) is 8.78 Å². The monoisotopic (exact) mass is 386 g/mol. The number of aryl methyl sites for hydroxylation is 2. The van der Waals surface area contributed by atoms with Gasteiger partial charge >= 0.3 is 0 Å². The first-order valence-electron chi connectivity index (χ1n) is 10.1. The van der Waals surface area contributed by atoms with Crippen molar-refractivity contribution in [3.05, 3.63) is 70.8 Å². The van der Waals surface area contributed by atoms with Gasteiger partial charge < -0.3 is 5.32 Å². The van der Waals surface area contributed by atoms with Gasteiger partial charge in [-0.3, -0.25) is 9.69 Å². The minimum absolute atomic E-state index is 0.0959. The van der Waals surface area contributed by atoms with Crippen LogP contribution in [0.3, 0.4) is 0 Å². The summed E-state index contributed by atoms with van der Waals surface area (Å²) in [6.45, 7) is 4.40. The molecule has 3 rings (SSSR count). The van der Waals surface area contributed by atoms with Crippen molar-refractivity contribution in [3.63, 3.8) is 0 Å². The highest BCUT2D eigenvalue weighted by atomic mass is 19.2. The predicted octanol–water partition coefficient (Wildman–Crippen LogP) is 4.24. The maximum Gasteiger partial charge on any atom is 0.220 e. The first kappa shape index (κ1) is 20.5. The molecule has 0 aromatic heterocycles. The van der Waals surface area contributed by atoms with Crippen LogP contribution in [0.25, 0.3) is 0 Å². The molecule has 2 aromatic carbocycles. The normalized spacial score (nSPS) is 15.5. The van der Waals surface area contributed by atoms with E-state index in [1.54, 1.807) is 6.07 Å². The van der Waals surface area contributed by atoms with E-state index >= 15 is 0 Å². The molecular formula is C23H28F2N2O. The summed E-state index contributed by atoms with van der Waals surface area (Å²) in [5, 5.41) is 3.14. The zero-order chi connectivity index (χ0) is 19.9. The predicted molar refractivity (Wildman–Crippen MR) is 107 cm³/mol. The van der Waals surface area contributed by atoms with E-state index in [4.69, 9.17) is 0 Å². The quantitative estimate of drug-likeness (QED) is 0.772. The maximum absolute atomic E-state index is 13.3. The third-order valence-corrected chi connectivity index (χ3v) is 5.41. The second-order valence-corrected chi connectivity index (χ2v) is 7.54. The molecule has 2 aromatic rings. The number of hydrogen-bond acceptors (Lipinski definition) is 2. The average molecular weight is 386 g/mol. The van der Waals surface area contributed by atoms with Crippen LogP contribution >= 0.6 is 0 Å². The topological polar surface area (TPSA) is 32.3 Å². The number of benzene rings is 2. The summed E-state index contributed by atoms with van der Waals surface area (Å²) >= 11 is 0. The van der Waals surface area contributed by atoms with Gasteiger partial charge in [-0.1, -0.05) is 37.3 Å². The van der Waals surface area contributed by atoms with E-state index in [9.17, 15) is 13.6 Å². The third-order valence-electron chi connectivity index (χ3n) is 5.41. The molecule has 0 bridgehead atoms. The molecule has 3 nitrogen and oxygen atoms in total. The van der Waals surface area contributed by atoms with Gasteiger partial charge in [-0.25, -0.2) is 8.78 Å². The van der Waals surface area contributed by atoms with E-state index in [1.165, 1.54) is 23.3 Å². The second kappa shape index (κ2) is 9.78. The molecule has 0 atom stereocenters. The fraction of sp³-hybridized carbons (Fsp3) is 0.435. The number of amides is 1. The molecule has 28 heavy (non-hydrogen) atoms. The zero-order valence-electron chi connectivity index (χ0n) is 16.4. The lowest BCUT2D eigenvalue weighted by atomic mass is 10.0. The summed E-state index contributed by atoms with van der Waals surface area (Å²) in [7, 11) is 0. The van der Waals surface area contributed by atoms with Gasteiger partial charge in [-0.15, -0.1) is 0 Å². The summed E-state index contributed by atoms with van der Waals surface area (Å²) in [4.78, 5) is 14.5. The van der Waals surface area contributed by atoms with E-state index in [-0.39, 0.29) is 11.9 Å². The average Bonchev–Trinajstić information content (AvgIpc) is 2.71. The molecule has 1 heterocycles. The van der Waals surface area contributed by atoms with Crippen molar-refractivity contribution in [2.75, 3.05) is 13.1 Å². The SMILES string of the molecule is CCc1ccc(CCC(=O)NC2CCN(Cc3ccc(F)c(F)c3)CC2)cc1. The van der Waals surface area contributed by atoms with Crippen LogP contribution < -0.4 is 5.32 Å². The van der Waals surface area contributed by atoms with Gasteiger partial charge in [0.05, 0.1) is 0 Å². The van der Waals surface area contributed by atoms with E-state index in [0.717, 1.165) is 44.3 Å². The minimum atomic E-state index is -0.813. The Morgan fingerprint density at radius 2 is 1.64 bits per heavy atom. The Balaban J connectivity index is 1.38. The van der Waals surface area contributed by atoms with E-state index in [0.29, 0.717) is 13.0 Å². The van der Waals surface area contributed by atoms with Crippen LogP contribution in [0.2, 0.25) is 0 Å². The highest BCUT2D eigenvalue weighted by Gasteiger charge is 2.21. The molecule has 150 valence electrons. The molecule has 1 saturated heterocycles. The van der Waals surface area contributed by atoms with Gasteiger partial charge in [0.15, 0.2) is 11.6 Å². The Morgan fingerprint density at radius 3 is 2.29 bits per heavy atom. The van der Waals surface area contributed by atoms with Gasteiger partial charge in [-0.05, 0) is 54.5 Å². The van der Waals surface area contributed by atoms with Gasteiger partial charge in [-0.2, -0.15) is 0 Å². The van der Waals surface area contributed by atoms with Crippen LogP contribution in [-0.4, -0.2) is 29.9 Å². The summed E-state index contributed by atoms with van der Waals surface area (Å²) in [6, 6.07) is 12.7. The maximum atomic E-state index is 13.3. The summed E-state index contributed by atoms with van der Waals surface area (Å²) < 4.78 is 26.4. The Morgan fingerprint density at radius 1 is 1.00 bits per heavy atom. The molecule has 1 fully saturated rings. The summed E-state index contributed by atoms with van der Waals surface area (Å²) in [6.07, 6.45) is 4.03. The number of halogens is 2. The lowest BCUT2D eigenvalue weighted by Crippen LogP contribution is -2.44. The van der Waals surface area contributed by atoms with E-state index in [2.05, 4.69) is 41.4 Å². The molecule has 0 aliphatic carbocycles. The van der Waals surface area contributed by atoms with Gasteiger partial charge in [0.2, 0.25) is 5.91 Å². The molecule has 5 heteroatoms. The third kappa shape index (κ3) is 5.86. The molecule has 0 saturated carbocycles. The van der Waals surface area contributed by atoms with Crippen LogP contribution in [0.5, 0.6) is 0 Å². The number of likely N-dealkylation sites (tertiary alicyclic amines) is 1. The highest BCUT2D eigenvalue weighted by Crippen LogP contribution is 2.16. The van der Waals surface area contributed by atoms with Crippen LogP contribution in [0.1, 0.15) is 42.9 Å². The molecule has 0 radical (unpaired) electrons. The smallest absolute Gasteiger partial charge is 0.220 e.